The number of imide groups is 1. The van der Waals surface area contributed by atoms with Crippen LogP contribution < -0.4 is 9.77 Å². The highest BCUT2D eigenvalue weighted by Gasteiger charge is 2.56. The summed E-state index contributed by atoms with van der Waals surface area (Å²) in [5.41, 5.74) is 1.24. The van der Waals surface area contributed by atoms with Crippen LogP contribution in [0.5, 0.6) is 5.75 Å². The smallest absolute Gasteiger partial charge is 0.305 e. The third kappa shape index (κ3) is 2.90. The second-order valence-electron chi connectivity index (χ2n) is 6.83. The average molecular weight is 445 g/mol. The molecule has 29 heavy (non-hydrogen) atoms. The van der Waals surface area contributed by atoms with Crippen LogP contribution in [-0.2, 0) is 9.59 Å². The van der Waals surface area contributed by atoms with Crippen LogP contribution in [0.15, 0.2) is 58.4 Å². The molecule has 5 rings (SSSR count). The van der Waals surface area contributed by atoms with Gasteiger partial charge in [0.05, 0.1) is 16.6 Å². The van der Waals surface area contributed by atoms with Gasteiger partial charge in [0.1, 0.15) is 11.0 Å². The number of aromatic amines is 1. The van der Waals surface area contributed by atoms with E-state index in [1.165, 1.54) is 16.7 Å². The number of halogens is 1. The fraction of sp³-hybridized carbons (Fsp3) is 0.150. The van der Waals surface area contributed by atoms with Gasteiger partial charge in [0.15, 0.2) is 0 Å². The number of H-pyrrole nitrogens is 1. The number of carbonyl (C=O) groups is 2. The first-order valence-corrected chi connectivity index (χ1v) is 10.8. The number of thiazole rings is 1. The Balaban J connectivity index is 1.64. The van der Waals surface area contributed by atoms with E-state index in [0.29, 0.717) is 15.7 Å². The first-order chi connectivity index (χ1) is 13.9. The molecule has 3 aromatic rings. The summed E-state index contributed by atoms with van der Waals surface area (Å²) in [5.74, 6) is -1.61. The first kappa shape index (κ1) is 18.5. The van der Waals surface area contributed by atoms with Crippen LogP contribution in [0, 0.1) is 5.92 Å². The van der Waals surface area contributed by atoms with Crippen molar-refractivity contribution in [3.05, 3.63) is 73.7 Å². The average Bonchev–Trinajstić information content (AvgIpc) is 3.19. The number of thioether (sulfide) groups is 1. The third-order valence-electron chi connectivity index (χ3n) is 5.16. The number of hydrogen-bond acceptors (Lipinski definition) is 6. The Bertz CT molecular complexity index is 1190. The van der Waals surface area contributed by atoms with Gasteiger partial charge in [-0.15, -0.1) is 0 Å². The number of rotatable bonds is 2. The molecule has 1 fully saturated rings. The highest BCUT2D eigenvalue weighted by Crippen LogP contribution is 2.53. The van der Waals surface area contributed by atoms with Crippen LogP contribution in [0.1, 0.15) is 16.4 Å². The number of carbonyl (C=O) groups excluding carboxylic acids is 2. The van der Waals surface area contributed by atoms with Crippen LogP contribution in [0.2, 0.25) is 5.02 Å². The summed E-state index contributed by atoms with van der Waals surface area (Å²) < 4.78 is 0. The molecule has 146 valence electrons. The number of aromatic nitrogens is 1. The summed E-state index contributed by atoms with van der Waals surface area (Å²) in [6.07, 6.45) is 0. The zero-order chi connectivity index (χ0) is 20.3. The lowest BCUT2D eigenvalue weighted by atomic mass is 9.83. The summed E-state index contributed by atoms with van der Waals surface area (Å²) in [5, 5.41) is 10.1. The summed E-state index contributed by atoms with van der Waals surface area (Å²) in [7, 11) is 0. The molecule has 3 heterocycles. The predicted molar refractivity (Wildman–Crippen MR) is 112 cm³/mol. The SMILES string of the molecule is O=C1[C@H]2[C@@H](c3ccc(O)cc3)c3sc(=O)[nH]c3S[C@H]2C(=O)N1c1ccc(Cl)cc1. The molecule has 1 saturated heterocycles. The van der Waals surface area contributed by atoms with Gasteiger partial charge in [-0.05, 0) is 42.0 Å². The molecule has 0 unspecified atom stereocenters. The minimum Gasteiger partial charge on any atom is -0.508 e. The lowest BCUT2D eigenvalue weighted by Gasteiger charge is -2.29. The van der Waals surface area contributed by atoms with Crippen LogP contribution in [-0.4, -0.2) is 27.2 Å². The molecule has 0 saturated carbocycles. The highest BCUT2D eigenvalue weighted by molar-refractivity contribution is 8.00. The molecular formula is C20H13ClN2O4S2. The van der Waals surface area contributed by atoms with E-state index in [2.05, 4.69) is 4.98 Å². The van der Waals surface area contributed by atoms with Gasteiger partial charge in [0.25, 0.3) is 0 Å². The molecule has 2 N–H and O–H groups in total. The van der Waals surface area contributed by atoms with Crippen LogP contribution >= 0.6 is 34.7 Å². The Labute approximate surface area is 178 Å². The van der Waals surface area contributed by atoms with Crippen molar-refractivity contribution in [2.75, 3.05) is 4.90 Å². The van der Waals surface area contributed by atoms with Crippen molar-refractivity contribution in [1.82, 2.24) is 4.98 Å². The number of amides is 2. The van der Waals surface area contributed by atoms with E-state index in [4.69, 9.17) is 11.6 Å². The van der Waals surface area contributed by atoms with Crippen molar-refractivity contribution in [2.24, 2.45) is 5.92 Å². The highest BCUT2D eigenvalue weighted by atomic mass is 35.5. The monoisotopic (exact) mass is 444 g/mol. The molecule has 0 radical (unpaired) electrons. The van der Waals surface area contributed by atoms with E-state index in [9.17, 15) is 19.5 Å². The van der Waals surface area contributed by atoms with E-state index in [0.717, 1.165) is 21.8 Å². The zero-order valence-electron chi connectivity index (χ0n) is 14.7. The van der Waals surface area contributed by atoms with E-state index < -0.39 is 17.1 Å². The van der Waals surface area contributed by atoms with Crippen LogP contribution in [0.4, 0.5) is 5.69 Å². The number of hydrogen-bond donors (Lipinski definition) is 2. The van der Waals surface area contributed by atoms with Crippen molar-refractivity contribution >= 4 is 52.2 Å². The summed E-state index contributed by atoms with van der Waals surface area (Å²) >= 11 is 8.23. The predicted octanol–water partition coefficient (Wildman–Crippen LogP) is 3.59. The van der Waals surface area contributed by atoms with Gasteiger partial charge in [-0.3, -0.25) is 14.4 Å². The third-order valence-corrected chi connectivity index (χ3v) is 7.81. The fourth-order valence-corrected chi connectivity index (χ4v) is 6.54. The number of nitrogens with one attached hydrogen (secondary N) is 1. The molecule has 2 aliphatic heterocycles. The number of aromatic hydroxyl groups is 1. The Hall–Kier alpha value is -2.55. The quantitative estimate of drug-likeness (QED) is 0.589. The number of nitrogens with zero attached hydrogens (tertiary/aromatic N) is 1. The standard InChI is InChI=1S/C20H13ClN2O4S2/c21-10-3-5-11(6-4-10)23-18(25)14-13(9-1-7-12(24)8-2-9)15-17(22-20(27)29-15)28-16(14)19(23)26/h1-8,13-14,16,24H,(H,22,27)/t13-,14+,16-/m1/s1. The minimum atomic E-state index is -0.647. The van der Waals surface area contributed by atoms with E-state index in [1.54, 1.807) is 48.5 Å². The topological polar surface area (TPSA) is 90.5 Å². The van der Waals surface area contributed by atoms with Gasteiger partial charge in [0, 0.05) is 15.8 Å². The molecule has 0 spiro atoms. The number of phenols is 1. The first-order valence-electron chi connectivity index (χ1n) is 8.76. The summed E-state index contributed by atoms with van der Waals surface area (Å²) in [4.78, 5) is 43.2. The maximum absolute atomic E-state index is 13.4. The molecule has 2 aliphatic rings. The zero-order valence-corrected chi connectivity index (χ0v) is 17.1. The number of anilines is 1. The number of phenolic OH excluding ortho intramolecular Hbond substituents is 1. The summed E-state index contributed by atoms with van der Waals surface area (Å²) in [6.45, 7) is 0. The number of fused-ring (bicyclic) bond motifs is 2. The van der Waals surface area contributed by atoms with Crippen molar-refractivity contribution in [2.45, 2.75) is 16.2 Å². The Kier molecular flexibility index (Phi) is 4.31. The molecule has 9 heteroatoms. The second kappa shape index (κ2) is 6.76. The van der Waals surface area contributed by atoms with Crippen molar-refractivity contribution in [3.63, 3.8) is 0 Å². The Morgan fingerprint density at radius 3 is 2.34 bits per heavy atom. The lowest BCUT2D eigenvalue weighted by Crippen LogP contribution is -2.32. The normalized spacial score (nSPS) is 23.2. The molecule has 0 aliphatic carbocycles. The van der Waals surface area contributed by atoms with Crippen molar-refractivity contribution in [3.8, 4) is 5.75 Å². The maximum Gasteiger partial charge on any atom is 0.305 e. The van der Waals surface area contributed by atoms with Gasteiger partial charge in [-0.25, -0.2) is 4.90 Å². The van der Waals surface area contributed by atoms with E-state index in [-0.39, 0.29) is 22.4 Å². The van der Waals surface area contributed by atoms with Gasteiger partial charge in [-0.1, -0.05) is 46.8 Å². The van der Waals surface area contributed by atoms with Crippen molar-refractivity contribution < 1.29 is 14.7 Å². The molecule has 3 atom stereocenters. The van der Waals surface area contributed by atoms with Gasteiger partial charge >= 0.3 is 4.87 Å². The molecule has 0 bridgehead atoms. The lowest BCUT2D eigenvalue weighted by molar-refractivity contribution is -0.122. The maximum atomic E-state index is 13.4. The van der Waals surface area contributed by atoms with Gasteiger partial charge in [0.2, 0.25) is 11.8 Å². The molecule has 2 aromatic carbocycles. The Morgan fingerprint density at radius 2 is 1.66 bits per heavy atom. The minimum absolute atomic E-state index is 0.106. The molecule has 2 amide bonds. The van der Waals surface area contributed by atoms with Gasteiger partial charge < -0.3 is 10.1 Å². The second-order valence-corrected chi connectivity index (χ2v) is 9.43. The van der Waals surface area contributed by atoms with E-state index in [1.807, 2.05) is 0 Å². The van der Waals surface area contributed by atoms with Crippen LogP contribution in [0.3, 0.4) is 0 Å². The Morgan fingerprint density at radius 1 is 0.966 bits per heavy atom. The largest absolute Gasteiger partial charge is 0.508 e. The fourth-order valence-electron chi connectivity index (χ4n) is 3.90. The molecule has 6 nitrogen and oxygen atoms in total. The van der Waals surface area contributed by atoms with E-state index >= 15 is 0 Å². The molecular weight excluding hydrogens is 432 g/mol. The summed E-state index contributed by atoms with van der Waals surface area (Å²) in [6, 6.07) is 13.1. The van der Waals surface area contributed by atoms with Crippen LogP contribution in [0.25, 0.3) is 0 Å². The number of benzene rings is 2. The van der Waals surface area contributed by atoms with Crippen molar-refractivity contribution in [1.29, 1.82) is 0 Å². The molecule has 1 aromatic heterocycles. The van der Waals surface area contributed by atoms with Gasteiger partial charge in [-0.2, -0.15) is 0 Å².